The molecule has 0 unspecified atom stereocenters. The molecule has 4 N–H and O–H groups in total. The van der Waals surface area contributed by atoms with Gasteiger partial charge in [0.1, 0.15) is 5.70 Å². The molecule has 1 amide bonds. The van der Waals surface area contributed by atoms with Gasteiger partial charge in [0, 0.05) is 42.1 Å². The molecule has 3 rings (SSSR count). The number of aliphatic hydroxyl groups excluding tert-OH is 1. The number of hydrogen-bond acceptors (Lipinski definition) is 8. The van der Waals surface area contributed by atoms with E-state index in [2.05, 4.69) is 10.2 Å². The monoisotopic (exact) mass is 473 g/mol. The minimum atomic E-state index is -1.07. The zero-order chi connectivity index (χ0) is 24.2. The summed E-state index contributed by atoms with van der Waals surface area (Å²) in [7, 11) is 4.02. The zero-order valence-corrected chi connectivity index (χ0v) is 20.1. The maximum atomic E-state index is 12.4. The summed E-state index contributed by atoms with van der Waals surface area (Å²) < 4.78 is 5.73. The molecule has 0 aromatic heterocycles. The summed E-state index contributed by atoms with van der Waals surface area (Å²) in [5.41, 5.74) is 0.107. The molecule has 0 spiro atoms. The van der Waals surface area contributed by atoms with E-state index in [4.69, 9.17) is 14.6 Å². The lowest BCUT2D eigenvalue weighted by molar-refractivity contribution is -0.163. The molecular formula is C21H35N3O7S. The second kappa shape index (κ2) is 11.5. The highest BCUT2D eigenvalue weighted by Crippen LogP contribution is 2.51. The highest BCUT2D eigenvalue weighted by atomic mass is 32.2. The number of carboxylic acids is 2. The predicted octanol–water partition coefficient (Wildman–Crippen LogP) is 0.273. The number of aliphatic carboxylic acids is 2. The van der Waals surface area contributed by atoms with Crippen molar-refractivity contribution in [2.75, 3.05) is 40.4 Å². The highest BCUT2D eigenvalue weighted by molar-refractivity contribution is 8.03. The zero-order valence-electron chi connectivity index (χ0n) is 19.3. The number of fused-ring (bicyclic) bond motifs is 1. The number of hydrogen-bond donors (Lipinski definition) is 4. The van der Waals surface area contributed by atoms with Gasteiger partial charge in [-0.05, 0) is 27.4 Å². The van der Waals surface area contributed by atoms with Crippen molar-refractivity contribution in [1.29, 1.82) is 0 Å². The first kappa shape index (κ1) is 26.6. The van der Waals surface area contributed by atoms with E-state index in [1.165, 1.54) is 4.90 Å². The van der Waals surface area contributed by atoms with Crippen molar-refractivity contribution >= 4 is 29.6 Å². The van der Waals surface area contributed by atoms with Crippen LogP contribution in [-0.2, 0) is 19.1 Å². The van der Waals surface area contributed by atoms with Crippen LogP contribution >= 0.6 is 11.8 Å². The Morgan fingerprint density at radius 1 is 1.34 bits per heavy atom. The fraction of sp³-hybridized carbons (Fsp3) is 0.762. The fourth-order valence-electron chi connectivity index (χ4n) is 4.33. The molecular weight excluding hydrogens is 438 g/mol. The fourth-order valence-corrected chi connectivity index (χ4v) is 5.85. The number of aliphatic hydroxyl groups is 1. The topological polar surface area (TPSA) is 140 Å². The standard InChI is InChI=1S/C19H31N3O5S.C2H4O2/c1-10-15-14(11(2)23)18(24)22(15)16(19(25)26)17(10)28-13-7-12(20-8-13)9-27-6-5-21(3)4;1-2(3)4/h10-15,20,23H,5-9H2,1-4H3,(H,25,26);1H3,(H,3,4)/t10-,11-,12+,13+,14-,15-;/m1./s1. The van der Waals surface area contributed by atoms with Crippen molar-refractivity contribution in [1.82, 2.24) is 15.1 Å². The molecule has 3 aliphatic heterocycles. The van der Waals surface area contributed by atoms with Gasteiger partial charge in [-0.25, -0.2) is 4.79 Å². The summed E-state index contributed by atoms with van der Waals surface area (Å²) in [6.45, 7) is 7.64. The molecule has 11 heteroatoms. The molecule has 0 aromatic rings. The van der Waals surface area contributed by atoms with E-state index in [1.54, 1.807) is 18.7 Å². The van der Waals surface area contributed by atoms with Gasteiger partial charge in [-0.15, -0.1) is 11.8 Å². The lowest BCUT2D eigenvalue weighted by Gasteiger charge is -2.46. The van der Waals surface area contributed by atoms with Gasteiger partial charge in [0.05, 0.1) is 31.3 Å². The normalized spacial score (nSPS) is 30.0. The molecule has 3 aliphatic rings. The number of thioether (sulfide) groups is 1. The van der Waals surface area contributed by atoms with E-state index in [9.17, 15) is 19.8 Å². The van der Waals surface area contributed by atoms with Gasteiger partial charge in [-0.3, -0.25) is 9.59 Å². The van der Waals surface area contributed by atoms with E-state index >= 15 is 0 Å². The van der Waals surface area contributed by atoms with Crippen molar-refractivity contribution in [3.8, 4) is 0 Å². The summed E-state index contributed by atoms with van der Waals surface area (Å²) in [5, 5.41) is 30.8. The number of nitrogens with one attached hydrogen (secondary N) is 1. The molecule has 6 atom stereocenters. The molecule has 0 aromatic carbocycles. The lowest BCUT2D eigenvalue weighted by Crippen LogP contribution is -2.63. The average molecular weight is 474 g/mol. The van der Waals surface area contributed by atoms with Gasteiger partial charge in [0.2, 0.25) is 5.91 Å². The number of carbonyl (C=O) groups excluding carboxylic acids is 1. The average Bonchev–Trinajstić information content (AvgIpc) is 3.20. The number of carboxylic acid groups (broad SMARTS) is 2. The van der Waals surface area contributed by atoms with Crippen molar-refractivity contribution in [2.24, 2.45) is 11.8 Å². The van der Waals surface area contributed by atoms with E-state index in [1.807, 2.05) is 21.0 Å². The number of carbonyl (C=O) groups is 3. The van der Waals surface area contributed by atoms with Crippen LogP contribution in [0.4, 0.5) is 0 Å². The number of β-lactam (4-membered cyclic amide) rings is 1. The summed E-state index contributed by atoms with van der Waals surface area (Å²) in [5.74, 6) is -2.77. The Morgan fingerprint density at radius 2 is 1.97 bits per heavy atom. The van der Waals surface area contributed by atoms with Crippen LogP contribution in [0, 0.1) is 11.8 Å². The van der Waals surface area contributed by atoms with Crippen LogP contribution in [0.15, 0.2) is 10.6 Å². The maximum Gasteiger partial charge on any atom is 0.353 e. The van der Waals surface area contributed by atoms with Crippen LogP contribution in [0.1, 0.15) is 27.2 Å². The molecule has 2 saturated heterocycles. The summed E-state index contributed by atoms with van der Waals surface area (Å²) in [6, 6.07) is 0.00903. The smallest absolute Gasteiger partial charge is 0.353 e. The summed E-state index contributed by atoms with van der Waals surface area (Å²) in [4.78, 5) is 37.5. The van der Waals surface area contributed by atoms with Gasteiger partial charge in [0.25, 0.3) is 5.97 Å². The number of amides is 1. The van der Waals surface area contributed by atoms with Crippen LogP contribution in [0.3, 0.4) is 0 Å². The number of likely N-dealkylation sites (N-methyl/N-ethyl adjacent to an activating group) is 1. The molecule has 3 heterocycles. The van der Waals surface area contributed by atoms with Crippen LogP contribution in [-0.4, -0.2) is 107 Å². The number of nitrogens with zero attached hydrogens (tertiary/aromatic N) is 2. The minimum absolute atomic E-state index is 0.0798. The van der Waals surface area contributed by atoms with E-state index in [0.29, 0.717) is 13.2 Å². The first-order valence-electron chi connectivity index (χ1n) is 10.8. The van der Waals surface area contributed by atoms with Crippen LogP contribution < -0.4 is 5.32 Å². The number of rotatable bonds is 9. The number of ether oxygens (including phenoxy) is 1. The van der Waals surface area contributed by atoms with E-state index in [-0.39, 0.29) is 34.9 Å². The molecule has 182 valence electrons. The summed E-state index contributed by atoms with van der Waals surface area (Å²) in [6.07, 6.45) is 0.126. The van der Waals surface area contributed by atoms with Gasteiger partial charge >= 0.3 is 5.97 Å². The first-order chi connectivity index (χ1) is 15.0. The molecule has 32 heavy (non-hydrogen) atoms. The van der Waals surface area contributed by atoms with Crippen molar-refractivity contribution in [2.45, 2.75) is 50.6 Å². The Balaban J connectivity index is 0.000000837. The van der Waals surface area contributed by atoms with Crippen molar-refractivity contribution in [3.05, 3.63) is 10.6 Å². The van der Waals surface area contributed by atoms with Gasteiger partial charge in [-0.2, -0.15) is 0 Å². The maximum absolute atomic E-state index is 12.4. The molecule has 0 saturated carbocycles. The SMILES string of the molecule is CC(=O)O.C[C@@H](O)[C@H]1C(=O)N2C(C(=O)O)=C(S[C@@H]3CN[C@H](COCCN(C)C)C3)[C@H](C)[C@H]12. The highest BCUT2D eigenvalue weighted by Gasteiger charge is 2.60. The second-order valence-corrected chi connectivity index (χ2v) is 10.1. The van der Waals surface area contributed by atoms with E-state index in [0.717, 1.165) is 31.3 Å². The molecule has 0 bridgehead atoms. The largest absolute Gasteiger partial charge is 0.481 e. The van der Waals surface area contributed by atoms with Crippen molar-refractivity contribution in [3.63, 3.8) is 0 Å². The molecule has 0 aliphatic carbocycles. The van der Waals surface area contributed by atoms with Crippen LogP contribution in [0.2, 0.25) is 0 Å². The third kappa shape index (κ3) is 6.22. The third-order valence-corrected chi connectivity index (χ3v) is 7.30. The van der Waals surface area contributed by atoms with Crippen LogP contribution in [0.5, 0.6) is 0 Å². The Kier molecular flexibility index (Phi) is 9.53. The lowest BCUT2D eigenvalue weighted by atomic mass is 9.79. The Morgan fingerprint density at radius 3 is 2.50 bits per heavy atom. The first-order valence-corrected chi connectivity index (χ1v) is 11.6. The predicted molar refractivity (Wildman–Crippen MR) is 120 cm³/mol. The minimum Gasteiger partial charge on any atom is -0.481 e. The Labute approximate surface area is 193 Å². The van der Waals surface area contributed by atoms with Gasteiger partial charge in [0.15, 0.2) is 0 Å². The summed E-state index contributed by atoms with van der Waals surface area (Å²) >= 11 is 1.57. The van der Waals surface area contributed by atoms with E-state index < -0.39 is 24.0 Å². The Hall–Kier alpha value is -1.66. The van der Waals surface area contributed by atoms with Gasteiger partial charge < -0.3 is 35.2 Å². The molecule has 2 fully saturated rings. The van der Waals surface area contributed by atoms with Crippen LogP contribution in [0.25, 0.3) is 0 Å². The van der Waals surface area contributed by atoms with Gasteiger partial charge in [-0.1, -0.05) is 6.92 Å². The third-order valence-electron chi connectivity index (χ3n) is 5.79. The molecule has 0 radical (unpaired) electrons. The Bertz CT molecular complexity index is 739. The quantitative estimate of drug-likeness (QED) is 0.273. The second-order valence-electron chi connectivity index (χ2n) is 8.75. The van der Waals surface area contributed by atoms with Crippen molar-refractivity contribution < 1.29 is 34.4 Å². The molecule has 10 nitrogen and oxygen atoms in total.